The van der Waals surface area contributed by atoms with Crippen LogP contribution in [-0.2, 0) is 26.1 Å². The summed E-state index contributed by atoms with van der Waals surface area (Å²) in [5.74, 6) is 0.620. The van der Waals surface area contributed by atoms with E-state index in [1.54, 1.807) is 11.1 Å². The van der Waals surface area contributed by atoms with Crippen molar-refractivity contribution in [3.05, 3.63) is 101 Å². The highest BCUT2D eigenvalue weighted by Gasteiger charge is 2.27. The minimum absolute atomic E-state index is 0.564. The number of pyridine rings is 1. The number of benzene rings is 2. The van der Waals surface area contributed by atoms with Gasteiger partial charge in [-0.05, 0) is 59.6 Å². The molecule has 4 rings (SSSR count). The van der Waals surface area contributed by atoms with Gasteiger partial charge in [0.2, 0.25) is 0 Å². The first-order valence-corrected chi connectivity index (χ1v) is 10.8. The van der Waals surface area contributed by atoms with Crippen LogP contribution >= 0.6 is 0 Å². The van der Waals surface area contributed by atoms with Crippen molar-refractivity contribution in [2.75, 3.05) is 0 Å². The molecule has 0 amide bonds. The average molecular weight is 386 g/mol. The Hall–Kier alpha value is -2.49. The summed E-state index contributed by atoms with van der Waals surface area (Å²) in [7, 11) is 0. The van der Waals surface area contributed by atoms with Gasteiger partial charge in [-0.1, -0.05) is 61.5 Å². The average Bonchev–Trinajstić information content (AvgIpc) is 2.79. The zero-order valence-corrected chi connectivity index (χ0v) is 17.3. The fourth-order valence-corrected chi connectivity index (χ4v) is 4.46. The van der Waals surface area contributed by atoms with Crippen molar-refractivity contribution in [1.82, 2.24) is 15.6 Å². The molecule has 1 aliphatic carbocycles. The molecule has 150 valence electrons. The van der Waals surface area contributed by atoms with E-state index in [-0.39, 0.29) is 0 Å². The summed E-state index contributed by atoms with van der Waals surface area (Å²) in [5, 5.41) is 7.31. The number of nitrogens with one attached hydrogen (secondary N) is 2. The summed E-state index contributed by atoms with van der Waals surface area (Å²) in [5.41, 5.74) is 6.83. The summed E-state index contributed by atoms with van der Waals surface area (Å²) in [6.07, 6.45) is 5.44. The second kappa shape index (κ2) is 9.82. The molecule has 3 aromatic rings. The van der Waals surface area contributed by atoms with Crippen molar-refractivity contribution in [3.63, 3.8) is 0 Å². The predicted octanol–water partition coefficient (Wildman–Crippen LogP) is 4.97. The molecule has 0 spiro atoms. The molecule has 2 atom stereocenters. The Balaban J connectivity index is 1.28. The van der Waals surface area contributed by atoms with Gasteiger partial charge < -0.3 is 10.6 Å². The molecule has 1 heterocycles. The highest BCUT2D eigenvalue weighted by Crippen LogP contribution is 2.34. The lowest BCUT2D eigenvalue weighted by molar-refractivity contribution is 0.378. The first kappa shape index (κ1) is 19.8. The van der Waals surface area contributed by atoms with E-state index in [1.807, 2.05) is 18.3 Å². The molecule has 0 radical (unpaired) electrons. The summed E-state index contributed by atoms with van der Waals surface area (Å²) in [4.78, 5) is 4.35. The lowest BCUT2D eigenvalue weighted by Crippen LogP contribution is -2.37. The van der Waals surface area contributed by atoms with Crippen LogP contribution in [0.25, 0.3) is 0 Å². The molecule has 3 nitrogen and oxygen atoms in total. The van der Waals surface area contributed by atoms with Crippen molar-refractivity contribution in [2.24, 2.45) is 0 Å². The predicted molar refractivity (Wildman–Crippen MR) is 120 cm³/mol. The normalized spacial score (nSPS) is 18.4. The van der Waals surface area contributed by atoms with E-state index >= 15 is 0 Å². The Kier molecular flexibility index (Phi) is 6.71. The van der Waals surface area contributed by atoms with Crippen LogP contribution in [0.2, 0.25) is 0 Å². The minimum atomic E-state index is 0.564. The lowest BCUT2D eigenvalue weighted by Gasteiger charge is -2.34. The maximum atomic E-state index is 4.35. The van der Waals surface area contributed by atoms with Gasteiger partial charge in [0.1, 0.15) is 0 Å². The Morgan fingerprint density at radius 2 is 1.62 bits per heavy atom. The van der Waals surface area contributed by atoms with E-state index in [9.17, 15) is 0 Å². The summed E-state index contributed by atoms with van der Waals surface area (Å²) in [6, 6.07) is 24.5. The van der Waals surface area contributed by atoms with Gasteiger partial charge in [0.15, 0.2) is 0 Å². The van der Waals surface area contributed by atoms with E-state index < -0.39 is 0 Å². The second-order valence-corrected chi connectivity index (χ2v) is 7.98. The number of aromatic nitrogens is 1. The SMILES string of the molecule is CCC1c2ccccc2CCC1NCc1ccc(CNCc2ccccn2)cc1. The van der Waals surface area contributed by atoms with Crippen LogP contribution in [0.4, 0.5) is 0 Å². The molecule has 29 heavy (non-hydrogen) atoms. The molecular formula is C26H31N3. The van der Waals surface area contributed by atoms with Gasteiger partial charge in [-0.25, -0.2) is 0 Å². The molecule has 0 fully saturated rings. The highest BCUT2D eigenvalue weighted by atomic mass is 14.9. The molecule has 0 saturated carbocycles. The number of hydrogen-bond donors (Lipinski definition) is 2. The number of aryl methyl sites for hydroxylation is 1. The van der Waals surface area contributed by atoms with Gasteiger partial charge in [-0.3, -0.25) is 4.98 Å². The molecule has 2 aromatic carbocycles. The fraction of sp³-hybridized carbons (Fsp3) is 0.346. The Bertz CT molecular complexity index is 889. The fourth-order valence-electron chi connectivity index (χ4n) is 4.46. The number of hydrogen-bond acceptors (Lipinski definition) is 3. The van der Waals surface area contributed by atoms with Crippen molar-refractivity contribution >= 4 is 0 Å². The van der Waals surface area contributed by atoms with Gasteiger partial charge >= 0.3 is 0 Å². The Morgan fingerprint density at radius 1 is 0.862 bits per heavy atom. The van der Waals surface area contributed by atoms with Crippen molar-refractivity contribution in [3.8, 4) is 0 Å². The third-order valence-electron chi connectivity index (χ3n) is 6.06. The van der Waals surface area contributed by atoms with Crippen molar-refractivity contribution < 1.29 is 0 Å². The van der Waals surface area contributed by atoms with Crippen LogP contribution in [0.1, 0.15) is 53.6 Å². The van der Waals surface area contributed by atoms with E-state index in [0.717, 1.165) is 25.3 Å². The smallest absolute Gasteiger partial charge is 0.0541 e. The maximum absolute atomic E-state index is 4.35. The van der Waals surface area contributed by atoms with Crippen LogP contribution in [0, 0.1) is 0 Å². The van der Waals surface area contributed by atoms with E-state index in [2.05, 4.69) is 77.1 Å². The van der Waals surface area contributed by atoms with Gasteiger partial charge in [-0.2, -0.15) is 0 Å². The van der Waals surface area contributed by atoms with Crippen molar-refractivity contribution in [2.45, 2.75) is 57.8 Å². The quantitative estimate of drug-likeness (QED) is 0.575. The zero-order chi connectivity index (χ0) is 19.9. The second-order valence-electron chi connectivity index (χ2n) is 7.98. The topological polar surface area (TPSA) is 37.0 Å². The van der Waals surface area contributed by atoms with Crippen LogP contribution in [0.5, 0.6) is 0 Å². The molecule has 1 aliphatic rings. The molecule has 3 heteroatoms. The maximum Gasteiger partial charge on any atom is 0.0541 e. The van der Waals surface area contributed by atoms with E-state index in [1.165, 1.54) is 30.4 Å². The molecular weight excluding hydrogens is 354 g/mol. The van der Waals surface area contributed by atoms with Gasteiger partial charge in [0.25, 0.3) is 0 Å². The largest absolute Gasteiger partial charge is 0.309 e. The number of nitrogens with zero attached hydrogens (tertiary/aromatic N) is 1. The van der Waals surface area contributed by atoms with Crippen LogP contribution in [-0.4, -0.2) is 11.0 Å². The number of rotatable bonds is 8. The van der Waals surface area contributed by atoms with E-state index in [0.29, 0.717) is 12.0 Å². The van der Waals surface area contributed by atoms with Gasteiger partial charge in [0, 0.05) is 31.9 Å². The summed E-state index contributed by atoms with van der Waals surface area (Å²) in [6.45, 7) is 4.91. The van der Waals surface area contributed by atoms with Crippen molar-refractivity contribution in [1.29, 1.82) is 0 Å². The monoisotopic (exact) mass is 385 g/mol. The van der Waals surface area contributed by atoms with Crippen LogP contribution in [0.15, 0.2) is 72.9 Å². The summed E-state index contributed by atoms with van der Waals surface area (Å²) < 4.78 is 0. The molecule has 1 aromatic heterocycles. The van der Waals surface area contributed by atoms with Crippen LogP contribution < -0.4 is 10.6 Å². The summed E-state index contributed by atoms with van der Waals surface area (Å²) >= 11 is 0. The Morgan fingerprint density at radius 3 is 2.38 bits per heavy atom. The number of fused-ring (bicyclic) bond motifs is 1. The molecule has 0 saturated heterocycles. The molecule has 2 N–H and O–H groups in total. The zero-order valence-electron chi connectivity index (χ0n) is 17.3. The molecule has 0 bridgehead atoms. The first-order chi connectivity index (χ1) is 14.3. The lowest BCUT2D eigenvalue weighted by atomic mass is 9.78. The van der Waals surface area contributed by atoms with Gasteiger partial charge in [0.05, 0.1) is 5.69 Å². The third kappa shape index (κ3) is 5.11. The van der Waals surface area contributed by atoms with Gasteiger partial charge in [-0.15, -0.1) is 0 Å². The van der Waals surface area contributed by atoms with E-state index in [4.69, 9.17) is 0 Å². The Labute approximate surface area is 174 Å². The first-order valence-electron chi connectivity index (χ1n) is 10.8. The van der Waals surface area contributed by atoms with Crippen LogP contribution in [0.3, 0.4) is 0 Å². The minimum Gasteiger partial charge on any atom is -0.309 e. The molecule has 0 aliphatic heterocycles. The third-order valence-corrected chi connectivity index (χ3v) is 6.06. The standard InChI is InChI=1S/C26H31N3/c1-2-24-25-9-4-3-7-22(25)14-15-26(24)29-18-21-12-10-20(11-13-21)17-27-19-23-8-5-6-16-28-23/h3-13,16,24,26-27,29H,2,14-15,17-19H2,1H3. The molecule has 2 unspecified atom stereocenters. The highest BCUT2D eigenvalue weighted by molar-refractivity contribution is 5.34.